The second-order valence-corrected chi connectivity index (χ2v) is 8.08. The Balaban J connectivity index is 1.39. The number of piperazine rings is 1. The largest absolute Gasteiger partial charge is 0.419 e. The van der Waals surface area contributed by atoms with Crippen molar-refractivity contribution in [2.75, 3.05) is 44.2 Å². The number of amides is 2. The van der Waals surface area contributed by atoms with Gasteiger partial charge in [0.25, 0.3) is 0 Å². The molecule has 0 bridgehead atoms. The third kappa shape index (κ3) is 4.33. The van der Waals surface area contributed by atoms with E-state index in [0.29, 0.717) is 45.6 Å². The fourth-order valence-electron chi connectivity index (χ4n) is 4.24. The lowest BCUT2D eigenvalue weighted by Crippen LogP contribution is -2.54. The summed E-state index contributed by atoms with van der Waals surface area (Å²) in [4.78, 5) is 34.3. The predicted molar refractivity (Wildman–Crippen MR) is 100 cm³/mol. The second kappa shape index (κ2) is 7.84. The highest BCUT2D eigenvalue weighted by molar-refractivity contribution is 5.82. The molecule has 1 saturated carbocycles. The lowest BCUT2D eigenvalue weighted by molar-refractivity contribution is -0.142. The van der Waals surface area contributed by atoms with E-state index in [2.05, 4.69) is 4.98 Å². The third-order valence-corrected chi connectivity index (χ3v) is 5.99. The molecule has 2 aliphatic heterocycles. The van der Waals surface area contributed by atoms with Crippen LogP contribution in [0.5, 0.6) is 0 Å². The second-order valence-electron chi connectivity index (χ2n) is 8.08. The lowest BCUT2D eigenvalue weighted by atomic mass is 9.95. The van der Waals surface area contributed by atoms with E-state index < -0.39 is 11.7 Å². The van der Waals surface area contributed by atoms with Crippen molar-refractivity contribution in [1.82, 2.24) is 14.8 Å². The summed E-state index contributed by atoms with van der Waals surface area (Å²) in [7, 11) is 0. The maximum Gasteiger partial charge on any atom is 0.419 e. The maximum atomic E-state index is 13.3. The number of carbonyl (C=O) groups excluding carboxylic acids is 2. The normalized spacial score (nSPS) is 23.3. The zero-order valence-corrected chi connectivity index (χ0v) is 16.2. The molecule has 3 heterocycles. The molecule has 0 N–H and O–H groups in total. The molecule has 1 atom stereocenters. The number of carbonyl (C=O) groups is 2. The number of aromatic nitrogens is 1. The summed E-state index contributed by atoms with van der Waals surface area (Å²) in [5.74, 6) is -0.117. The van der Waals surface area contributed by atoms with Crippen LogP contribution in [0, 0.1) is 11.8 Å². The first-order chi connectivity index (χ1) is 13.8. The van der Waals surface area contributed by atoms with Crippen LogP contribution in [-0.2, 0) is 15.8 Å². The molecule has 0 spiro atoms. The first-order valence-electron chi connectivity index (χ1n) is 10.2. The van der Waals surface area contributed by atoms with Crippen molar-refractivity contribution >= 4 is 17.6 Å². The molecule has 3 aliphatic rings. The van der Waals surface area contributed by atoms with Gasteiger partial charge in [0.05, 0.1) is 11.5 Å². The molecule has 1 unspecified atom stereocenters. The minimum absolute atomic E-state index is 0.0299. The summed E-state index contributed by atoms with van der Waals surface area (Å²) in [6, 6.07) is 2.31. The van der Waals surface area contributed by atoms with Gasteiger partial charge in [-0.1, -0.05) is 0 Å². The van der Waals surface area contributed by atoms with Crippen LogP contribution in [0.25, 0.3) is 0 Å². The Morgan fingerprint density at radius 3 is 2.14 bits per heavy atom. The van der Waals surface area contributed by atoms with Gasteiger partial charge in [0, 0.05) is 51.4 Å². The molecule has 1 aromatic heterocycles. The van der Waals surface area contributed by atoms with E-state index in [0.717, 1.165) is 18.9 Å². The zero-order chi connectivity index (χ0) is 20.6. The molecule has 9 heteroatoms. The SMILES string of the molecule is O=C(C1CC1)N1CCN(C(=O)C2CCCN(c3ncccc3C(F)(F)F)C2)CC1. The van der Waals surface area contributed by atoms with Gasteiger partial charge in [-0.15, -0.1) is 0 Å². The van der Waals surface area contributed by atoms with Gasteiger partial charge in [0.1, 0.15) is 5.82 Å². The van der Waals surface area contributed by atoms with Crippen LogP contribution >= 0.6 is 0 Å². The molecule has 0 radical (unpaired) electrons. The quantitative estimate of drug-likeness (QED) is 0.768. The highest BCUT2D eigenvalue weighted by Crippen LogP contribution is 2.36. The Labute approximate surface area is 167 Å². The van der Waals surface area contributed by atoms with Gasteiger partial charge < -0.3 is 14.7 Å². The van der Waals surface area contributed by atoms with Crippen LogP contribution in [0.1, 0.15) is 31.2 Å². The smallest absolute Gasteiger partial charge is 0.355 e. The Kier molecular flexibility index (Phi) is 5.40. The highest BCUT2D eigenvalue weighted by atomic mass is 19.4. The van der Waals surface area contributed by atoms with Crippen molar-refractivity contribution in [3.8, 4) is 0 Å². The van der Waals surface area contributed by atoms with Gasteiger partial charge in [0.15, 0.2) is 0 Å². The number of hydrogen-bond donors (Lipinski definition) is 0. The Hall–Kier alpha value is -2.32. The number of anilines is 1. The summed E-state index contributed by atoms with van der Waals surface area (Å²) >= 11 is 0. The van der Waals surface area contributed by atoms with E-state index in [-0.39, 0.29) is 36.0 Å². The molecular weight excluding hydrogens is 385 g/mol. The van der Waals surface area contributed by atoms with Crippen molar-refractivity contribution < 1.29 is 22.8 Å². The number of rotatable bonds is 3. The average molecular weight is 410 g/mol. The standard InChI is InChI=1S/C20H25F3N4O2/c21-20(22,23)16-4-1-7-24-17(16)27-8-2-3-15(13-27)19(29)26-11-9-25(10-12-26)18(28)14-5-6-14/h1,4,7,14-15H,2-3,5-6,8-13H2. The van der Waals surface area contributed by atoms with E-state index in [1.807, 2.05) is 4.90 Å². The van der Waals surface area contributed by atoms with E-state index in [1.165, 1.54) is 12.3 Å². The van der Waals surface area contributed by atoms with Crippen LogP contribution in [0.4, 0.5) is 19.0 Å². The van der Waals surface area contributed by atoms with Crippen LogP contribution in [0.2, 0.25) is 0 Å². The maximum absolute atomic E-state index is 13.3. The van der Waals surface area contributed by atoms with Crippen molar-refractivity contribution in [2.45, 2.75) is 31.9 Å². The van der Waals surface area contributed by atoms with E-state index in [4.69, 9.17) is 0 Å². The van der Waals surface area contributed by atoms with Gasteiger partial charge in [-0.2, -0.15) is 13.2 Å². The lowest BCUT2D eigenvalue weighted by Gasteiger charge is -2.39. The van der Waals surface area contributed by atoms with Gasteiger partial charge in [0.2, 0.25) is 11.8 Å². The summed E-state index contributed by atoms with van der Waals surface area (Å²) in [6.07, 6.45) is 0.0961. The summed E-state index contributed by atoms with van der Waals surface area (Å²) in [5, 5.41) is 0. The van der Waals surface area contributed by atoms with Gasteiger partial charge in [-0.25, -0.2) is 4.98 Å². The Bertz CT molecular complexity index is 773. The molecule has 158 valence electrons. The van der Waals surface area contributed by atoms with Crippen LogP contribution in [0.3, 0.4) is 0 Å². The summed E-state index contributed by atoms with van der Waals surface area (Å²) in [5.41, 5.74) is -0.764. The van der Waals surface area contributed by atoms with Crippen molar-refractivity contribution in [3.05, 3.63) is 23.9 Å². The van der Waals surface area contributed by atoms with Crippen LogP contribution in [-0.4, -0.2) is 65.9 Å². The van der Waals surface area contributed by atoms with Crippen molar-refractivity contribution in [3.63, 3.8) is 0 Å². The zero-order valence-electron chi connectivity index (χ0n) is 16.2. The number of hydrogen-bond acceptors (Lipinski definition) is 4. The average Bonchev–Trinajstić information content (AvgIpc) is 3.58. The molecule has 29 heavy (non-hydrogen) atoms. The van der Waals surface area contributed by atoms with E-state index in [1.54, 1.807) is 9.80 Å². The molecule has 4 rings (SSSR count). The van der Waals surface area contributed by atoms with Gasteiger partial charge in [-0.3, -0.25) is 9.59 Å². The molecule has 0 aromatic carbocycles. The number of alkyl halides is 3. The Morgan fingerprint density at radius 2 is 1.55 bits per heavy atom. The predicted octanol–water partition coefficient (Wildman–Crippen LogP) is 2.40. The molecule has 2 amide bonds. The minimum atomic E-state index is -4.48. The molecule has 2 saturated heterocycles. The topological polar surface area (TPSA) is 56.8 Å². The first-order valence-corrected chi connectivity index (χ1v) is 10.2. The third-order valence-electron chi connectivity index (χ3n) is 5.99. The van der Waals surface area contributed by atoms with Crippen molar-refractivity contribution in [1.29, 1.82) is 0 Å². The monoisotopic (exact) mass is 410 g/mol. The van der Waals surface area contributed by atoms with E-state index >= 15 is 0 Å². The minimum Gasteiger partial charge on any atom is -0.355 e. The summed E-state index contributed by atoms with van der Waals surface area (Å²) in [6.45, 7) is 2.75. The molecule has 1 aliphatic carbocycles. The first kappa shape index (κ1) is 20.0. The number of halogens is 3. The molecule has 6 nitrogen and oxygen atoms in total. The van der Waals surface area contributed by atoms with E-state index in [9.17, 15) is 22.8 Å². The number of piperidine rings is 1. The highest BCUT2D eigenvalue weighted by Gasteiger charge is 2.39. The Morgan fingerprint density at radius 1 is 0.931 bits per heavy atom. The van der Waals surface area contributed by atoms with Crippen molar-refractivity contribution in [2.24, 2.45) is 11.8 Å². The van der Waals surface area contributed by atoms with Crippen LogP contribution < -0.4 is 4.90 Å². The van der Waals surface area contributed by atoms with Crippen LogP contribution in [0.15, 0.2) is 18.3 Å². The number of pyridine rings is 1. The summed E-state index contributed by atoms with van der Waals surface area (Å²) < 4.78 is 40.0. The molecular formula is C20H25F3N4O2. The molecule has 3 fully saturated rings. The molecule has 1 aromatic rings. The van der Waals surface area contributed by atoms with Gasteiger partial charge >= 0.3 is 6.18 Å². The van der Waals surface area contributed by atoms with Gasteiger partial charge in [-0.05, 0) is 37.8 Å². The fourth-order valence-corrected chi connectivity index (χ4v) is 4.24. The fraction of sp³-hybridized carbons (Fsp3) is 0.650. The number of nitrogens with zero attached hydrogens (tertiary/aromatic N) is 4.